The van der Waals surface area contributed by atoms with E-state index in [9.17, 15) is 8.42 Å². The Balaban J connectivity index is 2.25. The van der Waals surface area contributed by atoms with Gasteiger partial charge in [-0.05, 0) is 31.5 Å². The third-order valence-electron chi connectivity index (χ3n) is 3.10. The Morgan fingerprint density at radius 3 is 2.21 bits per heavy atom. The molecule has 19 heavy (non-hydrogen) atoms. The normalized spacial score (nSPS) is 25.4. The molecule has 0 radical (unpaired) electrons. The third kappa shape index (κ3) is 3.28. The highest BCUT2D eigenvalue weighted by molar-refractivity contribution is 7.89. The molecule has 0 aromatic heterocycles. The summed E-state index contributed by atoms with van der Waals surface area (Å²) in [7, 11) is -3.44. The van der Waals surface area contributed by atoms with Gasteiger partial charge in [-0.3, -0.25) is 0 Å². The molecular formula is C13H18ClNO3S. The van der Waals surface area contributed by atoms with E-state index in [4.69, 9.17) is 16.3 Å². The van der Waals surface area contributed by atoms with Crippen LogP contribution in [0.15, 0.2) is 29.2 Å². The number of ether oxygens (including phenoxy) is 1. The zero-order valence-electron chi connectivity index (χ0n) is 11.0. The lowest BCUT2D eigenvalue weighted by Gasteiger charge is -2.34. The minimum absolute atomic E-state index is 0.0827. The first-order valence-corrected chi connectivity index (χ1v) is 8.21. The van der Waals surface area contributed by atoms with Crippen LogP contribution in [0.4, 0.5) is 0 Å². The van der Waals surface area contributed by atoms with Gasteiger partial charge in [-0.15, -0.1) is 11.6 Å². The van der Waals surface area contributed by atoms with Crippen LogP contribution in [0.3, 0.4) is 0 Å². The Kier molecular flexibility index (Phi) is 4.50. The van der Waals surface area contributed by atoms with Gasteiger partial charge in [0.25, 0.3) is 0 Å². The van der Waals surface area contributed by atoms with Crippen LogP contribution in [0, 0.1) is 0 Å². The molecule has 2 rings (SSSR count). The maximum Gasteiger partial charge on any atom is 0.243 e. The zero-order valence-corrected chi connectivity index (χ0v) is 12.6. The van der Waals surface area contributed by atoms with E-state index in [0.29, 0.717) is 23.9 Å². The van der Waals surface area contributed by atoms with Crippen LogP contribution >= 0.6 is 11.6 Å². The first-order chi connectivity index (χ1) is 8.93. The Labute approximate surface area is 119 Å². The molecule has 0 saturated carbocycles. The fourth-order valence-electron chi connectivity index (χ4n) is 2.23. The predicted molar refractivity (Wildman–Crippen MR) is 74.8 cm³/mol. The van der Waals surface area contributed by atoms with Crippen molar-refractivity contribution in [3.63, 3.8) is 0 Å². The van der Waals surface area contributed by atoms with Gasteiger partial charge in [-0.25, -0.2) is 8.42 Å². The van der Waals surface area contributed by atoms with Gasteiger partial charge < -0.3 is 4.74 Å². The maximum absolute atomic E-state index is 12.5. The van der Waals surface area contributed by atoms with Crippen LogP contribution in [-0.4, -0.2) is 38.0 Å². The van der Waals surface area contributed by atoms with Gasteiger partial charge in [0.15, 0.2) is 0 Å². The molecule has 1 aliphatic rings. The number of sulfonamides is 1. The van der Waals surface area contributed by atoms with Crippen LogP contribution in [0.25, 0.3) is 0 Å². The molecular weight excluding hydrogens is 286 g/mol. The highest BCUT2D eigenvalue weighted by Gasteiger charge is 2.31. The summed E-state index contributed by atoms with van der Waals surface area (Å²) in [6, 6.07) is 6.70. The minimum atomic E-state index is -3.44. The number of hydrogen-bond acceptors (Lipinski definition) is 3. The Morgan fingerprint density at radius 1 is 1.21 bits per heavy atom. The molecule has 0 bridgehead atoms. The highest BCUT2D eigenvalue weighted by Crippen LogP contribution is 2.21. The minimum Gasteiger partial charge on any atom is -0.373 e. The van der Waals surface area contributed by atoms with Crippen LogP contribution in [0.5, 0.6) is 0 Å². The number of hydrogen-bond donors (Lipinski definition) is 0. The molecule has 0 N–H and O–H groups in total. The summed E-state index contributed by atoms with van der Waals surface area (Å²) in [6.45, 7) is 4.55. The van der Waals surface area contributed by atoms with E-state index in [1.165, 1.54) is 4.31 Å². The molecule has 1 fully saturated rings. The molecule has 0 spiro atoms. The van der Waals surface area contributed by atoms with Gasteiger partial charge in [0, 0.05) is 19.0 Å². The van der Waals surface area contributed by atoms with Crippen molar-refractivity contribution in [1.29, 1.82) is 0 Å². The van der Waals surface area contributed by atoms with E-state index in [2.05, 4.69) is 0 Å². The molecule has 1 aromatic carbocycles. The average Bonchev–Trinajstić information content (AvgIpc) is 2.37. The first-order valence-electron chi connectivity index (χ1n) is 6.24. The topological polar surface area (TPSA) is 46.6 Å². The SMILES string of the molecule is C[C@@H]1CN(S(=O)(=O)c2ccc(CCl)cc2)C[C@H](C)O1. The van der Waals surface area contributed by atoms with Crippen molar-refractivity contribution in [1.82, 2.24) is 4.31 Å². The Hall–Kier alpha value is -0.620. The van der Waals surface area contributed by atoms with Crippen molar-refractivity contribution in [3.8, 4) is 0 Å². The Bertz CT molecular complexity index is 519. The van der Waals surface area contributed by atoms with Gasteiger partial charge >= 0.3 is 0 Å². The fourth-order valence-corrected chi connectivity index (χ4v) is 4.00. The summed E-state index contributed by atoms with van der Waals surface area (Å²) in [6.07, 6.45) is -0.165. The highest BCUT2D eigenvalue weighted by atomic mass is 35.5. The molecule has 1 saturated heterocycles. The van der Waals surface area contributed by atoms with Crippen molar-refractivity contribution >= 4 is 21.6 Å². The van der Waals surface area contributed by atoms with Gasteiger partial charge in [0.05, 0.1) is 17.1 Å². The number of morpholine rings is 1. The van der Waals surface area contributed by atoms with Gasteiger partial charge in [0.2, 0.25) is 10.0 Å². The molecule has 6 heteroatoms. The van der Waals surface area contributed by atoms with Crippen LogP contribution < -0.4 is 0 Å². The van der Waals surface area contributed by atoms with E-state index in [1.54, 1.807) is 24.3 Å². The number of halogens is 1. The average molecular weight is 304 g/mol. The third-order valence-corrected chi connectivity index (χ3v) is 5.26. The smallest absolute Gasteiger partial charge is 0.243 e. The molecule has 0 unspecified atom stereocenters. The number of benzene rings is 1. The van der Waals surface area contributed by atoms with Crippen LogP contribution in [-0.2, 0) is 20.6 Å². The van der Waals surface area contributed by atoms with Gasteiger partial charge in [0.1, 0.15) is 0 Å². The van der Waals surface area contributed by atoms with E-state index >= 15 is 0 Å². The van der Waals surface area contributed by atoms with E-state index in [0.717, 1.165) is 5.56 Å². The number of rotatable bonds is 3. The molecule has 1 aliphatic heterocycles. The van der Waals surface area contributed by atoms with Gasteiger partial charge in [-0.2, -0.15) is 4.31 Å². The first kappa shape index (κ1) is 14.8. The lowest BCUT2D eigenvalue weighted by Crippen LogP contribution is -2.48. The molecule has 4 nitrogen and oxygen atoms in total. The summed E-state index contributed by atoms with van der Waals surface area (Å²) >= 11 is 5.70. The number of alkyl halides is 1. The molecule has 0 aliphatic carbocycles. The predicted octanol–water partition coefficient (Wildman–Crippen LogP) is 2.22. The lowest BCUT2D eigenvalue weighted by atomic mass is 10.2. The summed E-state index contributed by atoms with van der Waals surface area (Å²) in [5, 5.41) is 0. The summed E-state index contributed by atoms with van der Waals surface area (Å²) in [5.41, 5.74) is 0.907. The van der Waals surface area contributed by atoms with Crippen LogP contribution in [0.1, 0.15) is 19.4 Å². The van der Waals surface area contributed by atoms with Crippen molar-refractivity contribution < 1.29 is 13.2 Å². The molecule has 1 heterocycles. The molecule has 106 valence electrons. The van der Waals surface area contributed by atoms with Crippen molar-refractivity contribution in [2.75, 3.05) is 13.1 Å². The lowest BCUT2D eigenvalue weighted by molar-refractivity contribution is -0.0440. The van der Waals surface area contributed by atoms with E-state index < -0.39 is 10.0 Å². The van der Waals surface area contributed by atoms with Crippen molar-refractivity contribution in [3.05, 3.63) is 29.8 Å². The van der Waals surface area contributed by atoms with Gasteiger partial charge in [-0.1, -0.05) is 12.1 Å². The second kappa shape index (κ2) is 5.79. The largest absolute Gasteiger partial charge is 0.373 e. The quantitative estimate of drug-likeness (QED) is 0.805. The summed E-state index contributed by atoms with van der Waals surface area (Å²) in [4.78, 5) is 0.308. The summed E-state index contributed by atoms with van der Waals surface area (Å²) < 4.78 is 32.1. The Morgan fingerprint density at radius 2 is 1.74 bits per heavy atom. The molecule has 0 amide bonds. The van der Waals surface area contributed by atoms with Crippen molar-refractivity contribution in [2.24, 2.45) is 0 Å². The maximum atomic E-state index is 12.5. The molecule has 1 aromatic rings. The standard InChI is InChI=1S/C13H18ClNO3S/c1-10-8-15(9-11(2)18-10)19(16,17)13-5-3-12(7-14)4-6-13/h3-6,10-11H,7-9H2,1-2H3/t10-,11+. The van der Waals surface area contributed by atoms with Crippen LogP contribution in [0.2, 0.25) is 0 Å². The second-order valence-electron chi connectivity index (χ2n) is 4.86. The second-order valence-corrected chi connectivity index (χ2v) is 7.06. The summed E-state index contributed by atoms with van der Waals surface area (Å²) in [5.74, 6) is 0.381. The van der Waals surface area contributed by atoms with E-state index in [-0.39, 0.29) is 12.2 Å². The molecule has 2 atom stereocenters. The van der Waals surface area contributed by atoms with Crippen molar-refractivity contribution in [2.45, 2.75) is 36.8 Å². The fraction of sp³-hybridized carbons (Fsp3) is 0.538. The number of nitrogens with zero attached hydrogens (tertiary/aromatic N) is 1. The monoisotopic (exact) mass is 303 g/mol. The van der Waals surface area contributed by atoms with E-state index in [1.807, 2.05) is 13.8 Å². The zero-order chi connectivity index (χ0) is 14.0.